The molecule has 0 atom stereocenters. The average Bonchev–Trinajstić information content (AvgIpc) is 2.36. The SMILES string of the molecule is CC(C)N(Cc1cccc(N)c1)c1ncc(F)cc1F. The van der Waals surface area contributed by atoms with E-state index in [0.717, 1.165) is 17.8 Å². The third kappa shape index (κ3) is 3.23. The fourth-order valence-corrected chi connectivity index (χ4v) is 2.01. The maximum atomic E-state index is 13.9. The van der Waals surface area contributed by atoms with Crippen LogP contribution in [0.4, 0.5) is 20.3 Å². The lowest BCUT2D eigenvalue weighted by Crippen LogP contribution is -2.31. The van der Waals surface area contributed by atoms with Crippen molar-refractivity contribution in [2.24, 2.45) is 0 Å². The number of nitrogens with two attached hydrogens (primary N) is 1. The van der Waals surface area contributed by atoms with Gasteiger partial charge in [-0.15, -0.1) is 0 Å². The van der Waals surface area contributed by atoms with Crippen LogP contribution in [0.15, 0.2) is 36.5 Å². The molecule has 2 aromatic rings. The molecule has 106 valence electrons. The van der Waals surface area contributed by atoms with Gasteiger partial charge in [-0.05, 0) is 31.5 Å². The zero-order chi connectivity index (χ0) is 14.7. The summed E-state index contributed by atoms with van der Waals surface area (Å²) in [6.45, 7) is 4.31. The lowest BCUT2D eigenvalue weighted by atomic mass is 10.1. The van der Waals surface area contributed by atoms with Gasteiger partial charge in [-0.25, -0.2) is 13.8 Å². The summed E-state index contributed by atoms with van der Waals surface area (Å²) in [6, 6.07) is 8.24. The van der Waals surface area contributed by atoms with Crippen molar-refractivity contribution in [1.29, 1.82) is 0 Å². The number of hydrogen-bond acceptors (Lipinski definition) is 3. The van der Waals surface area contributed by atoms with E-state index >= 15 is 0 Å². The van der Waals surface area contributed by atoms with E-state index in [4.69, 9.17) is 5.73 Å². The number of nitrogens with zero attached hydrogens (tertiary/aromatic N) is 2. The Morgan fingerprint density at radius 1 is 1.25 bits per heavy atom. The number of nitrogen functional groups attached to an aromatic ring is 1. The molecule has 1 aromatic heterocycles. The van der Waals surface area contributed by atoms with Crippen LogP contribution in [0.1, 0.15) is 19.4 Å². The first kappa shape index (κ1) is 14.2. The van der Waals surface area contributed by atoms with E-state index < -0.39 is 11.6 Å². The minimum absolute atomic E-state index is 0.0175. The number of rotatable bonds is 4. The highest BCUT2D eigenvalue weighted by Gasteiger charge is 2.17. The molecule has 0 saturated heterocycles. The van der Waals surface area contributed by atoms with Crippen LogP contribution in [0.3, 0.4) is 0 Å². The molecule has 3 nitrogen and oxygen atoms in total. The third-order valence-corrected chi connectivity index (χ3v) is 2.99. The Hall–Kier alpha value is -2.17. The van der Waals surface area contributed by atoms with Gasteiger partial charge in [0, 0.05) is 24.3 Å². The quantitative estimate of drug-likeness (QED) is 0.871. The maximum absolute atomic E-state index is 13.9. The highest BCUT2D eigenvalue weighted by atomic mass is 19.1. The zero-order valence-corrected chi connectivity index (χ0v) is 11.5. The predicted octanol–water partition coefficient (Wildman–Crippen LogP) is 3.36. The molecule has 5 heteroatoms. The summed E-state index contributed by atoms with van der Waals surface area (Å²) in [4.78, 5) is 5.63. The summed E-state index contributed by atoms with van der Waals surface area (Å²) in [5, 5.41) is 0. The zero-order valence-electron chi connectivity index (χ0n) is 11.5. The Kier molecular flexibility index (Phi) is 4.17. The molecule has 1 heterocycles. The predicted molar refractivity (Wildman–Crippen MR) is 76.3 cm³/mol. The summed E-state index contributed by atoms with van der Waals surface area (Å²) < 4.78 is 26.8. The number of pyridine rings is 1. The molecule has 0 saturated carbocycles. The molecule has 0 radical (unpaired) electrons. The van der Waals surface area contributed by atoms with E-state index in [-0.39, 0.29) is 11.9 Å². The number of aromatic nitrogens is 1. The first-order chi connectivity index (χ1) is 9.47. The summed E-state index contributed by atoms with van der Waals surface area (Å²) >= 11 is 0. The highest BCUT2D eigenvalue weighted by molar-refractivity contribution is 5.45. The number of hydrogen-bond donors (Lipinski definition) is 1. The summed E-state index contributed by atoms with van der Waals surface area (Å²) in [5.74, 6) is -1.20. The summed E-state index contributed by atoms with van der Waals surface area (Å²) in [6.07, 6.45) is 1.02. The van der Waals surface area contributed by atoms with Crippen molar-refractivity contribution >= 4 is 11.5 Å². The minimum Gasteiger partial charge on any atom is -0.399 e. The molecular formula is C15H17F2N3. The van der Waals surface area contributed by atoms with Gasteiger partial charge in [0.2, 0.25) is 0 Å². The van der Waals surface area contributed by atoms with Crippen LogP contribution in [0.25, 0.3) is 0 Å². The molecule has 0 aliphatic carbocycles. The van der Waals surface area contributed by atoms with E-state index in [0.29, 0.717) is 12.2 Å². The molecule has 2 N–H and O–H groups in total. The Balaban J connectivity index is 2.32. The normalized spacial score (nSPS) is 10.8. The van der Waals surface area contributed by atoms with Gasteiger partial charge in [0.25, 0.3) is 0 Å². The van der Waals surface area contributed by atoms with E-state index in [1.807, 2.05) is 32.0 Å². The Labute approximate surface area is 117 Å². The topological polar surface area (TPSA) is 42.1 Å². The van der Waals surface area contributed by atoms with Crippen molar-refractivity contribution in [2.75, 3.05) is 10.6 Å². The monoisotopic (exact) mass is 277 g/mol. The minimum atomic E-state index is -0.682. The standard InChI is InChI=1S/C15H17F2N3/c1-10(2)20(9-11-4-3-5-13(18)6-11)15-14(17)7-12(16)8-19-15/h3-8,10H,9,18H2,1-2H3. The molecule has 0 fully saturated rings. The molecule has 1 aromatic carbocycles. The molecule has 0 aliphatic heterocycles. The average molecular weight is 277 g/mol. The van der Waals surface area contributed by atoms with Crippen LogP contribution < -0.4 is 10.6 Å². The van der Waals surface area contributed by atoms with Crippen molar-refractivity contribution in [3.63, 3.8) is 0 Å². The summed E-state index contributed by atoms with van der Waals surface area (Å²) in [5.41, 5.74) is 7.34. The molecule has 2 rings (SSSR count). The van der Waals surface area contributed by atoms with Gasteiger partial charge in [0.05, 0.1) is 6.20 Å². The molecule has 0 bridgehead atoms. The second kappa shape index (κ2) is 5.86. The van der Waals surface area contributed by atoms with E-state index in [1.54, 1.807) is 11.0 Å². The van der Waals surface area contributed by atoms with Crippen molar-refractivity contribution in [1.82, 2.24) is 4.98 Å². The van der Waals surface area contributed by atoms with Crippen molar-refractivity contribution < 1.29 is 8.78 Å². The summed E-state index contributed by atoms with van der Waals surface area (Å²) in [7, 11) is 0. The van der Waals surface area contributed by atoms with Crippen LogP contribution in [0.2, 0.25) is 0 Å². The number of halogens is 2. The van der Waals surface area contributed by atoms with Crippen molar-refractivity contribution in [2.45, 2.75) is 26.4 Å². The van der Waals surface area contributed by atoms with Crippen LogP contribution in [-0.4, -0.2) is 11.0 Å². The third-order valence-electron chi connectivity index (χ3n) is 2.99. The van der Waals surface area contributed by atoms with Crippen LogP contribution in [0, 0.1) is 11.6 Å². The van der Waals surface area contributed by atoms with Gasteiger partial charge in [0.1, 0.15) is 5.82 Å². The van der Waals surface area contributed by atoms with Crippen LogP contribution >= 0.6 is 0 Å². The van der Waals surface area contributed by atoms with Gasteiger partial charge in [-0.1, -0.05) is 12.1 Å². The van der Waals surface area contributed by atoms with Gasteiger partial charge in [-0.2, -0.15) is 0 Å². The molecule has 0 amide bonds. The van der Waals surface area contributed by atoms with Crippen molar-refractivity contribution in [3.05, 3.63) is 53.7 Å². The highest BCUT2D eigenvalue weighted by Crippen LogP contribution is 2.22. The molecule has 20 heavy (non-hydrogen) atoms. The lowest BCUT2D eigenvalue weighted by Gasteiger charge is -2.28. The van der Waals surface area contributed by atoms with E-state index in [2.05, 4.69) is 4.98 Å². The first-order valence-electron chi connectivity index (χ1n) is 6.39. The van der Waals surface area contributed by atoms with Gasteiger partial charge in [-0.3, -0.25) is 0 Å². The Morgan fingerprint density at radius 3 is 2.60 bits per heavy atom. The van der Waals surface area contributed by atoms with Crippen LogP contribution in [-0.2, 0) is 6.54 Å². The van der Waals surface area contributed by atoms with Gasteiger partial charge >= 0.3 is 0 Å². The number of anilines is 2. The second-order valence-electron chi connectivity index (χ2n) is 4.93. The lowest BCUT2D eigenvalue weighted by molar-refractivity contribution is 0.556. The molecule has 0 unspecified atom stereocenters. The van der Waals surface area contributed by atoms with Gasteiger partial charge in [0.15, 0.2) is 11.6 Å². The van der Waals surface area contributed by atoms with E-state index in [1.165, 1.54) is 0 Å². The van der Waals surface area contributed by atoms with Gasteiger partial charge < -0.3 is 10.6 Å². The van der Waals surface area contributed by atoms with E-state index in [9.17, 15) is 8.78 Å². The largest absolute Gasteiger partial charge is 0.399 e. The number of benzene rings is 1. The molecule has 0 aliphatic rings. The Morgan fingerprint density at radius 2 is 2.00 bits per heavy atom. The second-order valence-corrected chi connectivity index (χ2v) is 4.93. The van der Waals surface area contributed by atoms with Crippen LogP contribution in [0.5, 0.6) is 0 Å². The molecule has 0 spiro atoms. The maximum Gasteiger partial charge on any atom is 0.168 e. The smallest absolute Gasteiger partial charge is 0.168 e. The fourth-order valence-electron chi connectivity index (χ4n) is 2.01. The Bertz CT molecular complexity index is 599. The van der Waals surface area contributed by atoms with Crippen molar-refractivity contribution in [3.8, 4) is 0 Å². The first-order valence-corrected chi connectivity index (χ1v) is 6.39. The molecular weight excluding hydrogens is 260 g/mol. The fraction of sp³-hybridized carbons (Fsp3) is 0.267.